The minimum atomic E-state index is -0.295. The predicted molar refractivity (Wildman–Crippen MR) is 95.5 cm³/mol. The maximum absolute atomic E-state index is 13.4. The molecule has 3 aliphatic rings. The lowest BCUT2D eigenvalue weighted by Gasteiger charge is -2.38. The molecule has 2 saturated heterocycles. The molecule has 1 N–H and O–H groups in total. The molecule has 2 atom stereocenters. The first kappa shape index (κ1) is 17.7. The van der Waals surface area contributed by atoms with Gasteiger partial charge in [-0.3, -0.25) is 4.79 Å². The van der Waals surface area contributed by atoms with Crippen LogP contribution in [0.2, 0.25) is 0 Å². The zero-order chi connectivity index (χ0) is 17.9. The molecular weight excluding hydrogens is 335 g/mol. The van der Waals surface area contributed by atoms with Gasteiger partial charge in [-0.05, 0) is 44.2 Å². The number of likely N-dealkylation sites (tertiary alicyclic amines) is 1. The molecule has 2 heterocycles. The van der Waals surface area contributed by atoms with Gasteiger partial charge in [0.2, 0.25) is 5.91 Å². The standard InChI is InChI=1S/C20H27FN2O3/c21-15-2-1-3-17(12-15)26-19-13-25-11-8-18(19)22-16-6-9-23(10-7-16)20(24)14-4-5-14/h1-3,12,14,16,18-19,22H,4-11,13H2/t18-,19-/m1/s1. The van der Waals surface area contributed by atoms with Gasteiger partial charge < -0.3 is 19.7 Å². The van der Waals surface area contributed by atoms with E-state index in [1.165, 1.54) is 12.1 Å². The highest BCUT2D eigenvalue weighted by Gasteiger charge is 2.36. The number of piperidine rings is 1. The summed E-state index contributed by atoms with van der Waals surface area (Å²) in [5.41, 5.74) is 0. The van der Waals surface area contributed by atoms with Crippen LogP contribution in [0.3, 0.4) is 0 Å². The maximum Gasteiger partial charge on any atom is 0.225 e. The molecule has 1 aromatic rings. The van der Waals surface area contributed by atoms with Gasteiger partial charge in [-0.15, -0.1) is 0 Å². The summed E-state index contributed by atoms with van der Waals surface area (Å²) in [6.07, 6.45) is 4.83. The SMILES string of the molecule is O=C(C1CC1)N1CCC(N[C@@H]2CCOC[C@H]2Oc2cccc(F)c2)CC1. The van der Waals surface area contributed by atoms with E-state index in [1.54, 1.807) is 12.1 Å². The highest BCUT2D eigenvalue weighted by Crippen LogP contribution is 2.32. The number of nitrogens with zero attached hydrogens (tertiary/aromatic N) is 1. The largest absolute Gasteiger partial charge is 0.486 e. The molecule has 2 aliphatic heterocycles. The van der Waals surface area contributed by atoms with E-state index in [2.05, 4.69) is 5.32 Å². The Kier molecular flexibility index (Phi) is 5.41. The van der Waals surface area contributed by atoms with Crippen LogP contribution in [0, 0.1) is 11.7 Å². The number of ether oxygens (including phenoxy) is 2. The Balaban J connectivity index is 1.30. The van der Waals surface area contributed by atoms with Crippen molar-refractivity contribution in [3.05, 3.63) is 30.1 Å². The molecule has 26 heavy (non-hydrogen) atoms. The van der Waals surface area contributed by atoms with Crippen molar-refractivity contribution in [3.63, 3.8) is 0 Å². The Labute approximate surface area is 153 Å². The Morgan fingerprint density at radius 2 is 2.00 bits per heavy atom. The molecule has 0 bridgehead atoms. The summed E-state index contributed by atoms with van der Waals surface area (Å²) in [5.74, 6) is 0.898. The minimum Gasteiger partial charge on any atom is -0.486 e. The van der Waals surface area contributed by atoms with Crippen LogP contribution >= 0.6 is 0 Å². The molecule has 0 radical (unpaired) electrons. The Morgan fingerprint density at radius 1 is 1.19 bits per heavy atom. The molecule has 0 spiro atoms. The van der Waals surface area contributed by atoms with E-state index in [-0.39, 0.29) is 18.0 Å². The summed E-state index contributed by atoms with van der Waals surface area (Å²) in [7, 11) is 0. The molecule has 0 unspecified atom stereocenters. The lowest BCUT2D eigenvalue weighted by atomic mass is 9.99. The highest BCUT2D eigenvalue weighted by atomic mass is 19.1. The lowest BCUT2D eigenvalue weighted by Crippen LogP contribution is -2.55. The van der Waals surface area contributed by atoms with Crippen molar-refractivity contribution in [2.24, 2.45) is 5.92 Å². The van der Waals surface area contributed by atoms with Crippen LogP contribution in [-0.4, -0.2) is 55.3 Å². The monoisotopic (exact) mass is 362 g/mol. The van der Waals surface area contributed by atoms with Gasteiger partial charge in [0.25, 0.3) is 0 Å². The average Bonchev–Trinajstić information content (AvgIpc) is 3.49. The van der Waals surface area contributed by atoms with Crippen LogP contribution in [0.1, 0.15) is 32.1 Å². The van der Waals surface area contributed by atoms with Gasteiger partial charge >= 0.3 is 0 Å². The summed E-state index contributed by atoms with van der Waals surface area (Å²) < 4.78 is 25.0. The predicted octanol–water partition coefficient (Wildman–Crippen LogP) is 2.35. The number of hydrogen-bond donors (Lipinski definition) is 1. The number of carbonyl (C=O) groups is 1. The zero-order valence-electron chi connectivity index (χ0n) is 15.0. The van der Waals surface area contributed by atoms with Crippen molar-refractivity contribution in [1.82, 2.24) is 10.2 Å². The Morgan fingerprint density at radius 3 is 2.73 bits per heavy atom. The van der Waals surface area contributed by atoms with Crippen molar-refractivity contribution in [2.45, 2.75) is 50.3 Å². The minimum absolute atomic E-state index is 0.128. The second-order valence-electron chi connectivity index (χ2n) is 7.62. The van der Waals surface area contributed by atoms with Crippen LogP contribution in [0.5, 0.6) is 5.75 Å². The van der Waals surface area contributed by atoms with Crippen molar-refractivity contribution in [3.8, 4) is 5.75 Å². The smallest absolute Gasteiger partial charge is 0.225 e. The van der Waals surface area contributed by atoms with Crippen molar-refractivity contribution in [1.29, 1.82) is 0 Å². The maximum atomic E-state index is 13.4. The molecule has 1 amide bonds. The number of amides is 1. The second kappa shape index (κ2) is 7.92. The summed E-state index contributed by atoms with van der Waals surface area (Å²) >= 11 is 0. The van der Waals surface area contributed by atoms with Crippen LogP contribution < -0.4 is 10.1 Å². The molecular formula is C20H27FN2O3. The third-order valence-electron chi connectivity index (χ3n) is 5.57. The quantitative estimate of drug-likeness (QED) is 0.874. The average molecular weight is 362 g/mol. The molecule has 3 fully saturated rings. The Bertz CT molecular complexity index is 629. The van der Waals surface area contributed by atoms with E-state index in [9.17, 15) is 9.18 Å². The van der Waals surface area contributed by atoms with Gasteiger partial charge in [-0.2, -0.15) is 0 Å². The van der Waals surface area contributed by atoms with Gasteiger partial charge in [-0.1, -0.05) is 6.07 Å². The summed E-state index contributed by atoms with van der Waals surface area (Å²) in [6, 6.07) is 6.83. The molecule has 0 aromatic heterocycles. The van der Waals surface area contributed by atoms with Gasteiger partial charge in [-0.25, -0.2) is 4.39 Å². The molecule has 6 heteroatoms. The van der Waals surface area contributed by atoms with Crippen molar-refractivity contribution in [2.75, 3.05) is 26.3 Å². The highest BCUT2D eigenvalue weighted by molar-refractivity contribution is 5.81. The van der Waals surface area contributed by atoms with Crippen molar-refractivity contribution >= 4 is 5.91 Å². The van der Waals surface area contributed by atoms with E-state index >= 15 is 0 Å². The molecule has 5 nitrogen and oxygen atoms in total. The van der Waals surface area contributed by atoms with E-state index in [0.29, 0.717) is 36.8 Å². The number of carbonyl (C=O) groups excluding carboxylic acids is 1. The summed E-state index contributed by atoms with van der Waals surface area (Å²) in [4.78, 5) is 14.2. The first-order chi connectivity index (χ1) is 12.7. The van der Waals surface area contributed by atoms with Gasteiger partial charge in [0.1, 0.15) is 17.7 Å². The summed E-state index contributed by atoms with van der Waals surface area (Å²) in [6.45, 7) is 2.89. The lowest BCUT2D eigenvalue weighted by molar-refractivity contribution is -0.133. The first-order valence-electron chi connectivity index (χ1n) is 9.74. The fraction of sp³-hybridized carbons (Fsp3) is 0.650. The summed E-state index contributed by atoms with van der Waals surface area (Å²) in [5, 5.41) is 3.71. The van der Waals surface area contributed by atoms with Gasteiger partial charge in [0.15, 0.2) is 0 Å². The van der Waals surface area contributed by atoms with Gasteiger partial charge in [0.05, 0.1) is 6.61 Å². The number of halogens is 1. The first-order valence-corrected chi connectivity index (χ1v) is 9.74. The zero-order valence-corrected chi connectivity index (χ0v) is 15.0. The van der Waals surface area contributed by atoms with Crippen LogP contribution in [-0.2, 0) is 9.53 Å². The molecule has 142 valence electrons. The van der Waals surface area contributed by atoms with E-state index < -0.39 is 0 Å². The topological polar surface area (TPSA) is 50.8 Å². The fourth-order valence-corrected chi connectivity index (χ4v) is 3.89. The van der Waals surface area contributed by atoms with E-state index in [0.717, 1.165) is 45.2 Å². The number of rotatable bonds is 5. The number of hydrogen-bond acceptors (Lipinski definition) is 4. The van der Waals surface area contributed by atoms with Crippen molar-refractivity contribution < 1.29 is 18.7 Å². The van der Waals surface area contributed by atoms with Crippen LogP contribution in [0.25, 0.3) is 0 Å². The second-order valence-corrected chi connectivity index (χ2v) is 7.62. The van der Waals surface area contributed by atoms with Gasteiger partial charge in [0, 0.05) is 43.8 Å². The molecule has 1 aliphatic carbocycles. The van der Waals surface area contributed by atoms with Crippen LogP contribution in [0.4, 0.5) is 4.39 Å². The Hall–Kier alpha value is -1.66. The molecule has 4 rings (SSSR count). The van der Waals surface area contributed by atoms with E-state index in [4.69, 9.17) is 9.47 Å². The van der Waals surface area contributed by atoms with E-state index in [1.807, 2.05) is 4.90 Å². The molecule has 1 saturated carbocycles. The third-order valence-corrected chi connectivity index (χ3v) is 5.57. The fourth-order valence-electron chi connectivity index (χ4n) is 3.89. The normalized spacial score (nSPS) is 27.3. The number of benzene rings is 1. The third kappa shape index (κ3) is 4.35. The van der Waals surface area contributed by atoms with Crippen LogP contribution in [0.15, 0.2) is 24.3 Å². The number of nitrogens with one attached hydrogen (secondary N) is 1. The molecule has 1 aromatic carbocycles.